The van der Waals surface area contributed by atoms with Crippen LogP contribution < -0.4 is 10.9 Å². The molecule has 0 bridgehead atoms. The van der Waals surface area contributed by atoms with Crippen molar-refractivity contribution in [1.29, 1.82) is 5.26 Å². The van der Waals surface area contributed by atoms with Crippen LogP contribution in [0.3, 0.4) is 0 Å². The molecule has 2 aromatic rings. The lowest BCUT2D eigenvalue weighted by Gasteiger charge is -2.09. The molecular formula is C15H10ClF2N3O2. The van der Waals surface area contributed by atoms with Gasteiger partial charge in [-0.15, -0.1) is 0 Å². The standard InChI is InChI=1S/C15H10ClF2N3O2/c16-12-2-1-9(5-10(12)7-19)14(22)20-11-6-13(18)15(23)21(8-11)4-3-17/h1-2,5-6,8H,3-4H2,(H,20,22). The van der Waals surface area contributed by atoms with Crippen LogP contribution in [0.1, 0.15) is 15.9 Å². The maximum atomic E-state index is 13.5. The largest absolute Gasteiger partial charge is 0.321 e. The molecule has 1 heterocycles. The number of hydrogen-bond acceptors (Lipinski definition) is 3. The maximum absolute atomic E-state index is 13.5. The van der Waals surface area contributed by atoms with Crippen molar-refractivity contribution in [3.8, 4) is 6.07 Å². The van der Waals surface area contributed by atoms with Crippen LogP contribution >= 0.6 is 11.6 Å². The van der Waals surface area contributed by atoms with Gasteiger partial charge < -0.3 is 9.88 Å². The average Bonchev–Trinajstić information content (AvgIpc) is 2.52. The lowest BCUT2D eigenvalue weighted by Crippen LogP contribution is -2.25. The summed E-state index contributed by atoms with van der Waals surface area (Å²) in [4.78, 5) is 23.6. The van der Waals surface area contributed by atoms with E-state index in [0.717, 1.165) is 16.8 Å². The summed E-state index contributed by atoms with van der Waals surface area (Å²) in [6.45, 7) is -1.17. The van der Waals surface area contributed by atoms with Gasteiger partial charge in [-0.3, -0.25) is 9.59 Å². The second-order valence-corrected chi connectivity index (χ2v) is 4.93. The summed E-state index contributed by atoms with van der Waals surface area (Å²) >= 11 is 5.78. The molecule has 1 aromatic carbocycles. The number of carbonyl (C=O) groups is 1. The fourth-order valence-electron chi connectivity index (χ4n) is 1.88. The molecule has 0 radical (unpaired) electrons. The predicted octanol–water partition coefficient (Wildman–Crippen LogP) is 2.73. The van der Waals surface area contributed by atoms with Crippen molar-refractivity contribution < 1.29 is 13.6 Å². The van der Waals surface area contributed by atoms with Gasteiger partial charge >= 0.3 is 0 Å². The van der Waals surface area contributed by atoms with Gasteiger partial charge in [-0.25, -0.2) is 8.78 Å². The molecule has 0 fully saturated rings. The van der Waals surface area contributed by atoms with Crippen molar-refractivity contribution in [3.05, 3.63) is 62.8 Å². The Morgan fingerprint density at radius 3 is 2.78 bits per heavy atom. The number of alkyl halides is 1. The van der Waals surface area contributed by atoms with Crippen molar-refractivity contribution in [2.75, 3.05) is 12.0 Å². The highest BCUT2D eigenvalue weighted by atomic mass is 35.5. The summed E-state index contributed by atoms with van der Waals surface area (Å²) in [6.07, 6.45) is 1.14. The molecule has 0 spiro atoms. The Morgan fingerprint density at radius 1 is 1.39 bits per heavy atom. The number of rotatable bonds is 4. The number of hydrogen-bond donors (Lipinski definition) is 1. The molecule has 1 aromatic heterocycles. The third-order valence-corrected chi connectivity index (χ3v) is 3.30. The molecule has 118 valence electrons. The number of nitrogens with one attached hydrogen (secondary N) is 1. The van der Waals surface area contributed by atoms with Crippen LogP contribution in [0.4, 0.5) is 14.5 Å². The topological polar surface area (TPSA) is 74.9 Å². The van der Waals surface area contributed by atoms with Gasteiger partial charge in [-0.2, -0.15) is 5.26 Å². The zero-order valence-electron chi connectivity index (χ0n) is 11.6. The molecule has 0 aliphatic carbocycles. The number of nitrogens with zero attached hydrogens (tertiary/aromatic N) is 2. The van der Waals surface area contributed by atoms with Crippen molar-refractivity contribution in [1.82, 2.24) is 4.57 Å². The van der Waals surface area contributed by atoms with Crippen molar-refractivity contribution in [2.45, 2.75) is 6.54 Å². The van der Waals surface area contributed by atoms with Gasteiger partial charge in [0, 0.05) is 17.8 Å². The van der Waals surface area contributed by atoms with Crippen LogP contribution in [-0.2, 0) is 6.54 Å². The number of aryl methyl sites for hydroxylation is 1. The first-order valence-corrected chi connectivity index (χ1v) is 6.81. The quantitative estimate of drug-likeness (QED) is 0.932. The number of carbonyl (C=O) groups excluding carboxylic acids is 1. The number of amides is 1. The summed E-state index contributed by atoms with van der Waals surface area (Å²) in [5, 5.41) is 11.5. The van der Waals surface area contributed by atoms with Gasteiger partial charge in [0.2, 0.25) is 0 Å². The summed E-state index contributed by atoms with van der Waals surface area (Å²) in [6, 6.07) is 6.75. The SMILES string of the molecule is N#Cc1cc(C(=O)Nc2cc(F)c(=O)n(CCF)c2)ccc1Cl. The van der Waals surface area contributed by atoms with Crippen molar-refractivity contribution >= 4 is 23.2 Å². The third-order valence-electron chi connectivity index (χ3n) is 2.97. The minimum absolute atomic E-state index is 0.00555. The van der Waals surface area contributed by atoms with E-state index in [9.17, 15) is 18.4 Å². The van der Waals surface area contributed by atoms with E-state index in [-0.39, 0.29) is 28.4 Å². The highest BCUT2D eigenvalue weighted by Crippen LogP contribution is 2.17. The maximum Gasteiger partial charge on any atom is 0.286 e. The highest BCUT2D eigenvalue weighted by Gasteiger charge is 2.12. The molecule has 0 aliphatic rings. The van der Waals surface area contributed by atoms with E-state index in [4.69, 9.17) is 16.9 Å². The van der Waals surface area contributed by atoms with Crippen LogP contribution in [0, 0.1) is 17.1 Å². The Balaban J connectivity index is 2.30. The van der Waals surface area contributed by atoms with E-state index in [1.807, 2.05) is 6.07 Å². The Hall–Kier alpha value is -2.72. The summed E-state index contributed by atoms with van der Waals surface area (Å²) < 4.78 is 26.7. The minimum Gasteiger partial charge on any atom is -0.321 e. The van der Waals surface area contributed by atoms with Gasteiger partial charge in [0.25, 0.3) is 11.5 Å². The Morgan fingerprint density at radius 2 is 2.13 bits per heavy atom. The number of halogens is 3. The highest BCUT2D eigenvalue weighted by molar-refractivity contribution is 6.31. The van der Waals surface area contributed by atoms with Crippen LogP contribution in [-0.4, -0.2) is 17.1 Å². The molecule has 1 N–H and O–H groups in total. The third kappa shape index (κ3) is 3.73. The number of aromatic nitrogens is 1. The Labute approximate surface area is 134 Å². The van der Waals surface area contributed by atoms with Crippen LogP contribution in [0.25, 0.3) is 0 Å². The lowest BCUT2D eigenvalue weighted by atomic mass is 10.1. The van der Waals surface area contributed by atoms with Gasteiger partial charge in [0.1, 0.15) is 12.7 Å². The molecule has 2 rings (SSSR count). The molecule has 1 amide bonds. The molecule has 23 heavy (non-hydrogen) atoms. The summed E-state index contributed by atoms with van der Waals surface area (Å²) in [5.74, 6) is -1.73. The zero-order valence-corrected chi connectivity index (χ0v) is 12.4. The van der Waals surface area contributed by atoms with E-state index in [2.05, 4.69) is 5.32 Å². The Kier molecular flexibility index (Phi) is 5.09. The number of anilines is 1. The number of benzene rings is 1. The second-order valence-electron chi connectivity index (χ2n) is 4.52. The van der Waals surface area contributed by atoms with E-state index < -0.39 is 24.0 Å². The smallest absolute Gasteiger partial charge is 0.286 e. The first kappa shape index (κ1) is 16.6. The predicted molar refractivity (Wildman–Crippen MR) is 80.8 cm³/mol. The van der Waals surface area contributed by atoms with Gasteiger partial charge in [0.05, 0.1) is 22.8 Å². The fourth-order valence-corrected chi connectivity index (χ4v) is 2.04. The molecule has 0 aliphatic heterocycles. The normalized spacial score (nSPS) is 10.2. The van der Waals surface area contributed by atoms with E-state index in [0.29, 0.717) is 0 Å². The molecule has 0 atom stereocenters. The van der Waals surface area contributed by atoms with Gasteiger partial charge in [-0.1, -0.05) is 11.6 Å². The van der Waals surface area contributed by atoms with Crippen LogP contribution in [0.2, 0.25) is 5.02 Å². The van der Waals surface area contributed by atoms with Crippen molar-refractivity contribution in [3.63, 3.8) is 0 Å². The summed E-state index contributed by atoms with van der Waals surface area (Å²) in [7, 11) is 0. The van der Waals surface area contributed by atoms with Crippen molar-refractivity contribution in [2.24, 2.45) is 0 Å². The number of nitriles is 1. The molecule has 0 saturated carbocycles. The first-order valence-electron chi connectivity index (χ1n) is 6.43. The monoisotopic (exact) mass is 337 g/mol. The molecule has 0 saturated heterocycles. The first-order chi connectivity index (χ1) is 11.0. The molecular weight excluding hydrogens is 328 g/mol. The zero-order chi connectivity index (χ0) is 17.0. The lowest BCUT2D eigenvalue weighted by molar-refractivity contribution is 0.102. The van der Waals surface area contributed by atoms with Crippen LogP contribution in [0.5, 0.6) is 0 Å². The van der Waals surface area contributed by atoms with Crippen LogP contribution in [0.15, 0.2) is 35.3 Å². The second kappa shape index (κ2) is 7.03. The molecule has 5 nitrogen and oxygen atoms in total. The fraction of sp³-hybridized carbons (Fsp3) is 0.133. The minimum atomic E-state index is -1.11. The Bertz CT molecular complexity index is 859. The van der Waals surface area contributed by atoms with E-state index in [1.165, 1.54) is 18.2 Å². The summed E-state index contributed by atoms with van der Waals surface area (Å²) in [5.41, 5.74) is -0.726. The number of pyridine rings is 1. The molecule has 0 unspecified atom stereocenters. The average molecular weight is 338 g/mol. The van der Waals surface area contributed by atoms with E-state index >= 15 is 0 Å². The van der Waals surface area contributed by atoms with E-state index in [1.54, 1.807) is 0 Å². The molecule has 8 heteroatoms. The van der Waals surface area contributed by atoms with Gasteiger partial charge in [0.15, 0.2) is 5.82 Å². The van der Waals surface area contributed by atoms with Gasteiger partial charge in [-0.05, 0) is 18.2 Å².